The van der Waals surface area contributed by atoms with Crippen LogP contribution in [0.2, 0.25) is 0 Å². The van der Waals surface area contributed by atoms with Crippen LogP contribution in [-0.2, 0) is 11.2 Å². The smallest absolute Gasteiger partial charge is 0.225 e. The van der Waals surface area contributed by atoms with Gasteiger partial charge in [-0.1, -0.05) is 6.92 Å². The Morgan fingerprint density at radius 3 is 2.60 bits per heavy atom. The fourth-order valence-corrected chi connectivity index (χ4v) is 3.45. The van der Waals surface area contributed by atoms with E-state index in [1.165, 1.54) is 6.42 Å². The summed E-state index contributed by atoms with van der Waals surface area (Å²) in [4.78, 5) is 25.1. The summed E-state index contributed by atoms with van der Waals surface area (Å²) in [6.07, 6.45) is 5.91. The summed E-state index contributed by atoms with van der Waals surface area (Å²) in [5.74, 6) is 4.30. The molecule has 0 spiro atoms. The number of carbonyl (C=O) groups is 1. The third-order valence-corrected chi connectivity index (χ3v) is 5.21. The van der Waals surface area contributed by atoms with Crippen LogP contribution in [0.1, 0.15) is 37.2 Å². The van der Waals surface area contributed by atoms with Crippen molar-refractivity contribution in [1.82, 2.24) is 14.9 Å². The second-order valence-electron chi connectivity index (χ2n) is 7.04. The van der Waals surface area contributed by atoms with Crippen molar-refractivity contribution in [3.63, 3.8) is 0 Å². The molecule has 1 aliphatic carbocycles. The van der Waals surface area contributed by atoms with Gasteiger partial charge in [-0.15, -0.1) is 0 Å². The van der Waals surface area contributed by atoms with E-state index in [4.69, 9.17) is 4.42 Å². The van der Waals surface area contributed by atoms with E-state index >= 15 is 0 Å². The first-order chi connectivity index (χ1) is 12.2. The summed E-state index contributed by atoms with van der Waals surface area (Å²) in [7, 11) is 0. The lowest BCUT2D eigenvalue weighted by atomic mass is 10.2. The lowest BCUT2D eigenvalue weighted by Crippen LogP contribution is -2.49. The van der Waals surface area contributed by atoms with Crippen molar-refractivity contribution in [3.05, 3.63) is 42.1 Å². The highest BCUT2D eigenvalue weighted by Crippen LogP contribution is 2.47. The molecule has 2 atom stereocenters. The van der Waals surface area contributed by atoms with Crippen molar-refractivity contribution in [2.24, 2.45) is 5.92 Å². The van der Waals surface area contributed by atoms with Crippen LogP contribution in [0.3, 0.4) is 0 Å². The number of nitrogens with zero attached hydrogens (tertiary/aromatic N) is 4. The molecule has 1 saturated heterocycles. The Balaban J connectivity index is 1.24. The summed E-state index contributed by atoms with van der Waals surface area (Å²) in [5, 5.41) is 0. The molecule has 1 saturated carbocycles. The average Bonchev–Trinajstić information content (AvgIpc) is 3.20. The van der Waals surface area contributed by atoms with Crippen molar-refractivity contribution >= 4 is 11.9 Å². The first-order valence-electron chi connectivity index (χ1n) is 9.09. The zero-order valence-corrected chi connectivity index (χ0v) is 14.6. The van der Waals surface area contributed by atoms with E-state index in [1.807, 2.05) is 17.0 Å². The van der Waals surface area contributed by atoms with Crippen molar-refractivity contribution in [1.29, 1.82) is 0 Å². The Morgan fingerprint density at radius 2 is 1.92 bits per heavy atom. The predicted octanol–water partition coefficient (Wildman–Crippen LogP) is 2.47. The summed E-state index contributed by atoms with van der Waals surface area (Å²) in [6.45, 7) is 5.25. The molecule has 4 rings (SSSR count). The molecule has 2 unspecified atom stereocenters. The lowest BCUT2D eigenvalue weighted by molar-refractivity contribution is -0.131. The summed E-state index contributed by atoms with van der Waals surface area (Å²) >= 11 is 0. The van der Waals surface area contributed by atoms with E-state index < -0.39 is 0 Å². The molecule has 132 valence electrons. The number of aryl methyl sites for hydroxylation is 1. The fourth-order valence-electron chi connectivity index (χ4n) is 3.45. The number of rotatable bonds is 5. The minimum Gasteiger partial charge on any atom is -0.466 e. The minimum absolute atomic E-state index is 0.200. The molecule has 2 aliphatic rings. The monoisotopic (exact) mass is 340 g/mol. The van der Waals surface area contributed by atoms with Crippen molar-refractivity contribution in [2.45, 2.75) is 32.1 Å². The third kappa shape index (κ3) is 3.67. The summed E-state index contributed by atoms with van der Waals surface area (Å²) < 4.78 is 5.90. The maximum atomic E-state index is 12.5. The Kier molecular flexibility index (Phi) is 4.42. The first-order valence-corrected chi connectivity index (χ1v) is 9.09. The highest BCUT2D eigenvalue weighted by atomic mass is 16.3. The highest BCUT2D eigenvalue weighted by molar-refractivity contribution is 5.76. The largest absolute Gasteiger partial charge is 0.466 e. The van der Waals surface area contributed by atoms with Crippen LogP contribution in [0.25, 0.3) is 0 Å². The van der Waals surface area contributed by atoms with E-state index in [9.17, 15) is 4.79 Å². The van der Waals surface area contributed by atoms with Crippen LogP contribution in [0.5, 0.6) is 0 Å². The number of anilines is 1. The van der Waals surface area contributed by atoms with E-state index in [0.717, 1.165) is 49.6 Å². The van der Waals surface area contributed by atoms with Gasteiger partial charge >= 0.3 is 0 Å². The number of carbonyl (C=O) groups excluding carboxylic acids is 1. The van der Waals surface area contributed by atoms with Crippen LogP contribution in [0, 0.1) is 5.92 Å². The van der Waals surface area contributed by atoms with E-state index in [-0.39, 0.29) is 5.91 Å². The van der Waals surface area contributed by atoms with Gasteiger partial charge in [-0.05, 0) is 30.5 Å². The fraction of sp³-hybridized carbons (Fsp3) is 0.526. The first kappa shape index (κ1) is 16.1. The molecule has 0 bridgehead atoms. The maximum absolute atomic E-state index is 12.5. The van der Waals surface area contributed by atoms with Gasteiger partial charge in [0, 0.05) is 57.3 Å². The van der Waals surface area contributed by atoms with Crippen LogP contribution in [0.15, 0.2) is 35.0 Å². The van der Waals surface area contributed by atoms with E-state index in [2.05, 4.69) is 27.9 Å². The molecule has 2 aromatic rings. The van der Waals surface area contributed by atoms with Crippen LogP contribution in [-0.4, -0.2) is 47.0 Å². The molecule has 25 heavy (non-hydrogen) atoms. The van der Waals surface area contributed by atoms with Crippen LogP contribution in [0.4, 0.5) is 5.95 Å². The highest BCUT2D eigenvalue weighted by Gasteiger charge is 2.36. The zero-order chi connectivity index (χ0) is 17.2. The number of hydrogen-bond donors (Lipinski definition) is 0. The predicted molar refractivity (Wildman–Crippen MR) is 94.4 cm³/mol. The van der Waals surface area contributed by atoms with Gasteiger partial charge < -0.3 is 14.2 Å². The van der Waals surface area contributed by atoms with Gasteiger partial charge in [-0.2, -0.15) is 0 Å². The van der Waals surface area contributed by atoms with Crippen LogP contribution < -0.4 is 4.90 Å². The Bertz CT molecular complexity index is 722. The maximum Gasteiger partial charge on any atom is 0.225 e. The number of amides is 1. The van der Waals surface area contributed by atoms with Gasteiger partial charge in [0.05, 0.1) is 0 Å². The second-order valence-corrected chi connectivity index (χ2v) is 7.04. The van der Waals surface area contributed by atoms with Gasteiger partial charge in [0.15, 0.2) is 0 Å². The van der Waals surface area contributed by atoms with Crippen molar-refractivity contribution in [3.8, 4) is 0 Å². The molecule has 0 N–H and O–H groups in total. The lowest BCUT2D eigenvalue weighted by Gasteiger charge is -2.34. The normalized spacial score (nSPS) is 22.9. The molecule has 2 aromatic heterocycles. The molecule has 6 heteroatoms. The number of piperazine rings is 1. The zero-order valence-electron chi connectivity index (χ0n) is 14.6. The van der Waals surface area contributed by atoms with Crippen molar-refractivity contribution in [2.75, 3.05) is 31.1 Å². The van der Waals surface area contributed by atoms with Gasteiger partial charge in [0.1, 0.15) is 11.5 Å². The SMILES string of the molecule is CC1CC1c1ccc(CCC(=O)N2CCN(c3ncccn3)CC2)o1. The minimum atomic E-state index is 0.200. The Hall–Kier alpha value is -2.37. The standard InChI is InChI=1S/C19H24N4O2/c1-14-13-16(14)17-5-3-15(25-17)4-6-18(24)22-9-11-23(12-10-22)19-20-7-2-8-21-19/h2-3,5,7-8,14,16H,4,6,9-13H2,1H3. The summed E-state index contributed by atoms with van der Waals surface area (Å²) in [5.41, 5.74) is 0. The number of furan rings is 1. The van der Waals surface area contributed by atoms with E-state index in [1.54, 1.807) is 12.4 Å². The Morgan fingerprint density at radius 1 is 1.20 bits per heavy atom. The molecule has 0 aromatic carbocycles. The van der Waals surface area contributed by atoms with Crippen molar-refractivity contribution < 1.29 is 9.21 Å². The van der Waals surface area contributed by atoms with Gasteiger partial charge in [-0.25, -0.2) is 9.97 Å². The Labute approximate surface area is 147 Å². The molecule has 0 radical (unpaired) electrons. The molecular formula is C19H24N4O2. The third-order valence-electron chi connectivity index (χ3n) is 5.21. The van der Waals surface area contributed by atoms with E-state index in [0.29, 0.717) is 18.8 Å². The quantitative estimate of drug-likeness (QED) is 0.837. The molecule has 3 heterocycles. The molecule has 6 nitrogen and oxygen atoms in total. The van der Waals surface area contributed by atoms with Gasteiger partial charge in [0.25, 0.3) is 0 Å². The van der Waals surface area contributed by atoms with Gasteiger partial charge in [-0.3, -0.25) is 4.79 Å². The molecule has 2 fully saturated rings. The topological polar surface area (TPSA) is 62.5 Å². The molecular weight excluding hydrogens is 316 g/mol. The number of hydrogen-bond acceptors (Lipinski definition) is 5. The van der Waals surface area contributed by atoms with Crippen LogP contribution >= 0.6 is 0 Å². The molecule has 1 amide bonds. The number of aromatic nitrogens is 2. The van der Waals surface area contributed by atoms with Gasteiger partial charge in [0.2, 0.25) is 11.9 Å². The second kappa shape index (κ2) is 6.86. The summed E-state index contributed by atoms with van der Waals surface area (Å²) in [6, 6.07) is 5.91. The molecule has 1 aliphatic heterocycles. The average molecular weight is 340 g/mol.